The fourth-order valence-electron chi connectivity index (χ4n) is 3.09. The Bertz CT molecular complexity index is 469. The molecular weight excluding hydrogens is 266 g/mol. The number of rotatable bonds is 5. The molecule has 2 heterocycles. The van der Waals surface area contributed by atoms with E-state index in [2.05, 4.69) is 34.0 Å². The summed E-state index contributed by atoms with van der Waals surface area (Å²) in [7, 11) is 0. The number of piperidine rings is 1. The lowest BCUT2D eigenvalue weighted by Crippen LogP contribution is -2.40. The molecule has 1 fully saturated rings. The number of aromatic nitrogens is 2. The molecule has 2 rings (SSSR count). The first-order chi connectivity index (χ1) is 10.1. The summed E-state index contributed by atoms with van der Waals surface area (Å²) in [5, 5.41) is 2.85. The van der Waals surface area contributed by atoms with Gasteiger partial charge in [0, 0.05) is 32.0 Å². The maximum absolute atomic E-state index is 11.9. The summed E-state index contributed by atoms with van der Waals surface area (Å²) in [6, 6.07) is 0. The van der Waals surface area contributed by atoms with Crippen molar-refractivity contribution in [2.45, 2.75) is 26.7 Å². The first kappa shape index (κ1) is 15.7. The quantitative estimate of drug-likeness (QED) is 0.795. The van der Waals surface area contributed by atoms with Crippen LogP contribution in [0.2, 0.25) is 0 Å². The maximum atomic E-state index is 11.9. The third kappa shape index (κ3) is 4.67. The van der Waals surface area contributed by atoms with Crippen molar-refractivity contribution in [2.75, 3.05) is 31.9 Å². The van der Waals surface area contributed by atoms with Gasteiger partial charge < -0.3 is 16.0 Å². The molecule has 21 heavy (non-hydrogen) atoms. The summed E-state index contributed by atoms with van der Waals surface area (Å²) in [6.07, 6.45) is 5.21. The second-order valence-corrected chi connectivity index (χ2v) is 6.11. The Morgan fingerprint density at radius 2 is 2.00 bits per heavy atom. The molecule has 1 aliphatic heterocycles. The van der Waals surface area contributed by atoms with Crippen LogP contribution >= 0.6 is 0 Å². The molecule has 0 bridgehead atoms. The summed E-state index contributed by atoms with van der Waals surface area (Å²) in [4.78, 5) is 22.2. The molecule has 1 amide bonds. The third-order valence-corrected chi connectivity index (χ3v) is 3.82. The van der Waals surface area contributed by atoms with Crippen molar-refractivity contribution in [1.82, 2.24) is 20.2 Å². The van der Waals surface area contributed by atoms with Crippen LogP contribution in [0.25, 0.3) is 0 Å². The molecule has 1 aromatic heterocycles. The zero-order valence-corrected chi connectivity index (χ0v) is 12.9. The van der Waals surface area contributed by atoms with Gasteiger partial charge in [-0.25, -0.2) is 9.97 Å². The molecule has 0 aromatic carbocycles. The number of nitrogens with zero attached hydrogens (tertiary/aromatic N) is 3. The van der Waals surface area contributed by atoms with Gasteiger partial charge in [0.15, 0.2) is 11.5 Å². The minimum absolute atomic E-state index is 0.175. The van der Waals surface area contributed by atoms with E-state index >= 15 is 0 Å². The average molecular weight is 291 g/mol. The molecule has 6 heteroatoms. The summed E-state index contributed by atoms with van der Waals surface area (Å²) < 4.78 is 0. The first-order valence-electron chi connectivity index (χ1n) is 7.63. The first-order valence-corrected chi connectivity index (χ1v) is 7.63. The van der Waals surface area contributed by atoms with Crippen LogP contribution in [0.5, 0.6) is 0 Å². The Balaban J connectivity index is 1.70. The molecule has 2 unspecified atom stereocenters. The van der Waals surface area contributed by atoms with Gasteiger partial charge in [-0.3, -0.25) is 4.79 Å². The molecule has 0 aliphatic carbocycles. The number of nitrogen functional groups attached to an aromatic ring is 1. The van der Waals surface area contributed by atoms with Gasteiger partial charge >= 0.3 is 0 Å². The highest BCUT2D eigenvalue weighted by Crippen LogP contribution is 2.20. The van der Waals surface area contributed by atoms with Crippen molar-refractivity contribution in [3.63, 3.8) is 0 Å². The van der Waals surface area contributed by atoms with Crippen molar-refractivity contribution in [2.24, 2.45) is 11.8 Å². The normalized spacial score (nSPS) is 23.0. The van der Waals surface area contributed by atoms with Crippen LogP contribution in [0.1, 0.15) is 37.2 Å². The molecule has 1 aliphatic rings. The Morgan fingerprint density at radius 1 is 1.33 bits per heavy atom. The molecule has 0 spiro atoms. The van der Waals surface area contributed by atoms with Crippen molar-refractivity contribution < 1.29 is 4.79 Å². The van der Waals surface area contributed by atoms with E-state index in [4.69, 9.17) is 5.73 Å². The fraction of sp³-hybridized carbons (Fsp3) is 0.667. The summed E-state index contributed by atoms with van der Waals surface area (Å²) >= 11 is 0. The van der Waals surface area contributed by atoms with Crippen molar-refractivity contribution >= 4 is 11.7 Å². The predicted octanol–water partition coefficient (Wildman–Crippen LogP) is 1.16. The van der Waals surface area contributed by atoms with E-state index < -0.39 is 0 Å². The number of nitrogens with two attached hydrogens (primary N) is 1. The highest BCUT2D eigenvalue weighted by atomic mass is 16.1. The molecule has 3 N–H and O–H groups in total. The van der Waals surface area contributed by atoms with Crippen molar-refractivity contribution in [3.8, 4) is 0 Å². The highest BCUT2D eigenvalue weighted by Gasteiger charge is 2.21. The van der Waals surface area contributed by atoms with Crippen LogP contribution in [0.3, 0.4) is 0 Å². The Labute approximate surface area is 126 Å². The average Bonchev–Trinajstić information content (AvgIpc) is 2.43. The minimum Gasteiger partial charge on any atom is -0.382 e. The van der Waals surface area contributed by atoms with Gasteiger partial charge in [0.25, 0.3) is 5.91 Å². The zero-order valence-electron chi connectivity index (χ0n) is 12.9. The second kappa shape index (κ2) is 7.36. The van der Waals surface area contributed by atoms with Crippen molar-refractivity contribution in [1.29, 1.82) is 0 Å². The Morgan fingerprint density at radius 3 is 2.67 bits per heavy atom. The van der Waals surface area contributed by atoms with Gasteiger partial charge in [0.1, 0.15) is 0 Å². The van der Waals surface area contributed by atoms with Crippen LogP contribution in [-0.4, -0.2) is 47.0 Å². The van der Waals surface area contributed by atoms with Crippen LogP contribution in [0, 0.1) is 11.8 Å². The summed E-state index contributed by atoms with van der Waals surface area (Å²) in [5.41, 5.74) is 5.84. The highest BCUT2D eigenvalue weighted by molar-refractivity contribution is 5.96. The summed E-state index contributed by atoms with van der Waals surface area (Å²) in [5.74, 6) is 1.46. The van der Waals surface area contributed by atoms with Crippen LogP contribution < -0.4 is 11.1 Å². The Hall–Kier alpha value is -1.69. The van der Waals surface area contributed by atoms with E-state index in [1.165, 1.54) is 18.8 Å². The minimum atomic E-state index is -0.249. The summed E-state index contributed by atoms with van der Waals surface area (Å²) in [6.45, 7) is 8.59. The molecule has 0 saturated carbocycles. The number of nitrogens with one attached hydrogen (secondary N) is 1. The van der Waals surface area contributed by atoms with Gasteiger partial charge in [-0.15, -0.1) is 0 Å². The molecular formula is C15H25N5O. The SMILES string of the molecule is CC1CC(C)CN(CCCNC(=O)c2nccnc2N)C1. The van der Waals surface area contributed by atoms with E-state index in [0.717, 1.165) is 37.9 Å². The van der Waals surface area contributed by atoms with Crippen molar-refractivity contribution in [3.05, 3.63) is 18.1 Å². The molecule has 6 nitrogen and oxygen atoms in total. The van der Waals surface area contributed by atoms with E-state index in [-0.39, 0.29) is 17.4 Å². The Kier molecular flexibility index (Phi) is 5.50. The standard InChI is InChI=1S/C15H25N5O/c1-11-8-12(2)10-20(9-11)7-3-4-19-15(21)13-14(16)18-6-5-17-13/h5-6,11-12H,3-4,7-10H2,1-2H3,(H2,16,18)(H,19,21). The lowest BCUT2D eigenvalue weighted by Gasteiger charge is -2.34. The number of hydrogen-bond donors (Lipinski definition) is 2. The van der Waals surface area contributed by atoms with Gasteiger partial charge in [-0.1, -0.05) is 13.8 Å². The van der Waals surface area contributed by atoms with Gasteiger partial charge in [-0.05, 0) is 31.2 Å². The molecule has 1 saturated heterocycles. The smallest absolute Gasteiger partial charge is 0.273 e. The number of anilines is 1. The number of likely N-dealkylation sites (tertiary alicyclic amines) is 1. The topological polar surface area (TPSA) is 84.1 Å². The van der Waals surface area contributed by atoms with Gasteiger partial charge in [-0.2, -0.15) is 0 Å². The lowest BCUT2D eigenvalue weighted by atomic mass is 9.92. The molecule has 2 atom stereocenters. The van der Waals surface area contributed by atoms with Gasteiger partial charge in [0.2, 0.25) is 0 Å². The number of hydrogen-bond acceptors (Lipinski definition) is 5. The van der Waals surface area contributed by atoms with E-state index in [1.807, 2.05) is 0 Å². The molecule has 1 aromatic rings. The van der Waals surface area contributed by atoms with E-state index in [1.54, 1.807) is 0 Å². The van der Waals surface area contributed by atoms with Crippen LogP contribution in [0.15, 0.2) is 12.4 Å². The third-order valence-electron chi connectivity index (χ3n) is 3.82. The predicted molar refractivity (Wildman–Crippen MR) is 82.8 cm³/mol. The monoisotopic (exact) mass is 291 g/mol. The number of carbonyl (C=O) groups excluding carboxylic acids is 1. The lowest BCUT2D eigenvalue weighted by molar-refractivity contribution is 0.0943. The fourth-order valence-corrected chi connectivity index (χ4v) is 3.09. The van der Waals surface area contributed by atoms with E-state index in [0.29, 0.717) is 6.54 Å². The number of amides is 1. The molecule has 116 valence electrons. The molecule has 0 radical (unpaired) electrons. The second-order valence-electron chi connectivity index (χ2n) is 6.11. The zero-order chi connectivity index (χ0) is 15.2. The largest absolute Gasteiger partial charge is 0.382 e. The van der Waals surface area contributed by atoms with Crippen LogP contribution in [-0.2, 0) is 0 Å². The number of carbonyl (C=O) groups is 1. The van der Waals surface area contributed by atoms with E-state index in [9.17, 15) is 4.79 Å². The van der Waals surface area contributed by atoms with Crippen LogP contribution in [0.4, 0.5) is 5.82 Å². The maximum Gasteiger partial charge on any atom is 0.273 e. The van der Waals surface area contributed by atoms with Gasteiger partial charge in [0.05, 0.1) is 0 Å².